The van der Waals surface area contributed by atoms with E-state index in [1.54, 1.807) is 0 Å². The Morgan fingerprint density at radius 1 is 1.24 bits per heavy atom. The minimum absolute atomic E-state index is 0.554. The van der Waals surface area contributed by atoms with E-state index in [1.165, 1.54) is 31.4 Å². The molecule has 0 amide bonds. The molecule has 1 saturated carbocycles. The first kappa shape index (κ1) is 16.5. The molecule has 1 aromatic heterocycles. The second-order valence-corrected chi connectivity index (χ2v) is 6.80. The van der Waals surface area contributed by atoms with Crippen molar-refractivity contribution in [2.24, 2.45) is 23.5 Å². The quantitative estimate of drug-likeness (QED) is 0.818. The summed E-state index contributed by atoms with van der Waals surface area (Å²) in [6.07, 6.45) is 10.9. The van der Waals surface area contributed by atoms with Gasteiger partial charge in [-0.15, -0.1) is 0 Å². The molecule has 3 nitrogen and oxygen atoms in total. The molecule has 21 heavy (non-hydrogen) atoms. The number of rotatable bonds is 7. The first-order valence-electron chi connectivity index (χ1n) is 8.95. The molecule has 1 aliphatic carbocycles. The maximum absolute atomic E-state index is 6.01. The zero-order valence-corrected chi connectivity index (χ0v) is 14.1. The fourth-order valence-electron chi connectivity index (χ4n) is 3.98. The molecule has 0 saturated heterocycles. The number of nitrogens with two attached hydrogens (primary N) is 1. The highest BCUT2D eigenvalue weighted by atomic mass is 15.3. The van der Waals surface area contributed by atoms with Crippen LogP contribution in [0.1, 0.15) is 71.0 Å². The largest absolute Gasteiger partial charge is 0.330 e. The molecule has 1 aliphatic rings. The van der Waals surface area contributed by atoms with Crippen molar-refractivity contribution in [2.75, 3.05) is 6.54 Å². The molecule has 120 valence electrons. The summed E-state index contributed by atoms with van der Waals surface area (Å²) < 4.78 is 2.17. The summed E-state index contributed by atoms with van der Waals surface area (Å²) in [6, 6.07) is 2.78. The Labute approximate surface area is 130 Å². The Bertz CT molecular complexity index is 408. The highest BCUT2D eigenvalue weighted by Gasteiger charge is 2.29. The molecule has 0 spiro atoms. The Kier molecular flexibility index (Phi) is 6.28. The Hall–Kier alpha value is -0.830. The van der Waals surface area contributed by atoms with E-state index in [9.17, 15) is 0 Å². The topological polar surface area (TPSA) is 43.8 Å². The lowest BCUT2D eigenvalue weighted by molar-refractivity contribution is 0.178. The molecule has 0 aliphatic heterocycles. The third kappa shape index (κ3) is 4.09. The zero-order valence-electron chi connectivity index (χ0n) is 14.1. The molecular formula is C18H33N3. The predicted octanol–water partition coefficient (Wildman–Crippen LogP) is 4.19. The lowest BCUT2D eigenvalue weighted by atomic mass is 9.71. The standard InChI is InChI=1S/C18H33N3/c1-4-14-7-8-15(13-19)16(11-14)12-17-9-10-21(20-17)18(5-2)6-3/h9-10,14-16,18H,4-8,11-13,19H2,1-3H3. The van der Waals surface area contributed by atoms with E-state index in [2.05, 4.69) is 37.7 Å². The van der Waals surface area contributed by atoms with Gasteiger partial charge in [0.25, 0.3) is 0 Å². The molecule has 1 aromatic rings. The molecule has 0 aromatic carbocycles. The van der Waals surface area contributed by atoms with Gasteiger partial charge in [0.1, 0.15) is 0 Å². The van der Waals surface area contributed by atoms with E-state index in [0.717, 1.165) is 37.6 Å². The molecule has 3 atom stereocenters. The zero-order chi connectivity index (χ0) is 15.2. The second kappa shape index (κ2) is 7.98. The molecule has 0 radical (unpaired) electrons. The molecule has 3 unspecified atom stereocenters. The van der Waals surface area contributed by atoms with Gasteiger partial charge in [0.05, 0.1) is 11.7 Å². The van der Waals surface area contributed by atoms with Crippen LogP contribution in [0.2, 0.25) is 0 Å². The summed E-state index contributed by atoms with van der Waals surface area (Å²) in [5, 5.41) is 4.84. The SMILES string of the molecule is CCC1CCC(CN)C(Cc2ccn(C(CC)CC)n2)C1. The first-order chi connectivity index (χ1) is 10.2. The van der Waals surface area contributed by atoms with Crippen molar-refractivity contribution in [3.05, 3.63) is 18.0 Å². The first-order valence-corrected chi connectivity index (χ1v) is 8.95. The smallest absolute Gasteiger partial charge is 0.0627 e. The molecule has 2 rings (SSSR count). The van der Waals surface area contributed by atoms with Gasteiger partial charge in [-0.2, -0.15) is 5.10 Å². The van der Waals surface area contributed by atoms with Crippen LogP contribution in [0.5, 0.6) is 0 Å². The van der Waals surface area contributed by atoms with Crippen molar-refractivity contribution >= 4 is 0 Å². The Morgan fingerprint density at radius 3 is 2.62 bits per heavy atom. The Balaban J connectivity index is 2.01. The van der Waals surface area contributed by atoms with Gasteiger partial charge in [0.2, 0.25) is 0 Å². The highest BCUT2D eigenvalue weighted by Crippen LogP contribution is 2.36. The molecule has 0 bridgehead atoms. The van der Waals surface area contributed by atoms with Gasteiger partial charge in [0.15, 0.2) is 0 Å². The fraction of sp³-hybridized carbons (Fsp3) is 0.833. The maximum atomic E-state index is 6.01. The third-order valence-corrected chi connectivity index (χ3v) is 5.58. The van der Waals surface area contributed by atoms with Crippen molar-refractivity contribution in [2.45, 2.75) is 71.8 Å². The molecule has 1 fully saturated rings. The van der Waals surface area contributed by atoms with Crippen LogP contribution in [0.25, 0.3) is 0 Å². The summed E-state index contributed by atoms with van der Waals surface area (Å²) in [6.45, 7) is 7.65. The van der Waals surface area contributed by atoms with Gasteiger partial charge >= 0.3 is 0 Å². The minimum atomic E-state index is 0.554. The summed E-state index contributed by atoms with van der Waals surface area (Å²) in [7, 11) is 0. The average molecular weight is 291 g/mol. The van der Waals surface area contributed by atoms with Gasteiger partial charge in [0, 0.05) is 6.20 Å². The summed E-state index contributed by atoms with van der Waals surface area (Å²) in [5.74, 6) is 2.34. The van der Waals surface area contributed by atoms with Gasteiger partial charge in [-0.3, -0.25) is 4.68 Å². The van der Waals surface area contributed by atoms with Crippen LogP contribution in [-0.2, 0) is 6.42 Å². The van der Waals surface area contributed by atoms with Gasteiger partial charge < -0.3 is 5.73 Å². The third-order valence-electron chi connectivity index (χ3n) is 5.58. The van der Waals surface area contributed by atoms with Crippen LogP contribution in [0.3, 0.4) is 0 Å². The van der Waals surface area contributed by atoms with Crippen LogP contribution >= 0.6 is 0 Å². The fourth-order valence-corrected chi connectivity index (χ4v) is 3.98. The average Bonchev–Trinajstić information content (AvgIpc) is 2.97. The monoisotopic (exact) mass is 291 g/mol. The maximum Gasteiger partial charge on any atom is 0.0627 e. The summed E-state index contributed by atoms with van der Waals surface area (Å²) in [5.41, 5.74) is 7.27. The highest BCUT2D eigenvalue weighted by molar-refractivity contribution is 5.02. The molecular weight excluding hydrogens is 258 g/mol. The van der Waals surface area contributed by atoms with Crippen LogP contribution in [0.15, 0.2) is 12.3 Å². The number of aromatic nitrogens is 2. The van der Waals surface area contributed by atoms with Crippen LogP contribution < -0.4 is 5.73 Å². The van der Waals surface area contributed by atoms with E-state index in [-0.39, 0.29) is 0 Å². The van der Waals surface area contributed by atoms with E-state index in [1.807, 2.05) is 0 Å². The van der Waals surface area contributed by atoms with Crippen molar-refractivity contribution < 1.29 is 0 Å². The lowest BCUT2D eigenvalue weighted by Gasteiger charge is -2.35. The lowest BCUT2D eigenvalue weighted by Crippen LogP contribution is -2.31. The van der Waals surface area contributed by atoms with Crippen molar-refractivity contribution in [1.29, 1.82) is 0 Å². The van der Waals surface area contributed by atoms with Gasteiger partial charge in [-0.25, -0.2) is 0 Å². The predicted molar refractivity (Wildman–Crippen MR) is 89.2 cm³/mol. The Morgan fingerprint density at radius 2 is 2.00 bits per heavy atom. The molecule has 2 N–H and O–H groups in total. The van der Waals surface area contributed by atoms with Crippen LogP contribution in [-0.4, -0.2) is 16.3 Å². The number of hydrogen-bond donors (Lipinski definition) is 1. The van der Waals surface area contributed by atoms with E-state index < -0.39 is 0 Å². The summed E-state index contributed by atoms with van der Waals surface area (Å²) >= 11 is 0. The minimum Gasteiger partial charge on any atom is -0.330 e. The van der Waals surface area contributed by atoms with E-state index in [4.69, 9.17) is 10.8 Å². The van der Waals surface area contributed by atoms with Crippen molar-refractivity contribution in [3.8, 4) is 0 Å². The van der Waals surface area contributed by atoms with Crippen LogP contribution in [0, 0.1) is 17.8 Å². The van der Waals surface area contributed by atoms with Crippen molar-refractivity contribution in [3.63, 3.8) is 0 Å². The summed E-state index contributed by atoms with van der Waals surface area (Å²) in [4.78, 5) is 0. The van der Waals surface area contributed by atoms with Gasteiger partial charge in [-0.05, 0) is 62.5 Å². The van der Waals surface area contributed by atoms with Crippen LogP contribution in [0.4, 0.5) is 0 Å². The van der Waals surface area contributed by atoms with E-state index >= 15 is 0 Å². The number of nitrogens with zero attached hydrogens (tertiary/aromatic N) is 2. The normalized spacial score (nSPS) is 26.4. The van der Waals surface area contributed by atoms with E-state index in [0.29, 0.717) is 12.0 Å². The second-order valence-electron chi connectivity index (χ2n) is 6.80. The number of hydrogen-bond acceptors (Lipinski definition) is 2. The molecule has 1 heterocycles. The van der Waals surface area contributed by atoms with Gasteiger partial charge in [-0.1, -0.05) is 33.6 Å². The van der Waals surface area contributed by atoms with Crippen molar-refractivity contribution in [1.82, 2.24) is 9.78 Å². The molecule has 3 heteroatoms.